The lowest BCUT2D eigenvalue weighted by Gasteiger charge is -2.32. The van der Waals surface area contributed by atoms with Crippen LogP contribution in [0.5, 0.6) is 0 Å². The van der Waals surface area contributed by atoms with Gasteiger partial charge in [0.1, 0.15) is 0 Å². The Labute approximate surface area is 148 Å². The van der Waals surface area contributed by atoms with Gasteiger partial charge in [0.05, 0.1) is 18.1 Å². The van der Waals surface area contributed by atoms with Crippen LogP contribution in [0.1, 0.15) is 32.8 Å². The molecule has 1 aromatic carbocycles. The number of nitrogens with zero attached hydrogens (tertiary/aromatic N) is 1. The molecule has 0 spiro atoms. The topological polar surface area (TPSA) is 70.7 Å². The number of nitrogens with one attached hydrogen (secondary N) is 2. The van der Waals surface area contributed by atoms with Crippen molar-refractivity contribution >= 4 is 17.6 Å². The maximum atomic E-state index is 12.6. The Morgan fingerprint density at radius 3 is 2.60 bits per heavy atom. The van der Waals surface area contributed by atoms with Gasteiger partial charge in [-0.15, -0.1) is 0 Å². The molecular weight excluding hydrogens is 318 g/mol. The number of urea groups is 1. The summed E-state index contributed by atoms with van der Waals surface area (Å²) >= 11 is 0. The number of aryl methyl sites for hydroxylation is 1. The fourth-order valence-corrected chi connectivity index (χ4v) is 3.52. The highest BCUT2D eigenvalue weighted by atomic mass is 16.5. The zero-order valence-corrected chi connectivity index (χ0v) is 15.1. The minimum Gasteiger partial charge on any atom is -0.370 e. The molecule has 0 aromatic heterocycles. The first kappa shape index (κ1) is 17.7. The Morgan fingerprint density at radius 1 is 1.24 bits per heavy atom. The predicted octanol–water partition coefficient (Wildman–Crippen LogP) is 2.39. The second-order valence-corrected chi connectivity index (χ2v) is 7.19. The number of rotatable bonds is 4. The number of amides is 3. The number of carbonyl (C=O) groups excluding carboxylic acids is 2. The van der Waals surface area contributed by atoms with Crippen LogP contribution in [0.3, 0.4) is 0 Å². The number of fused-ring (bicyclic) bond motifs is 2. The number of likely N-dealkylation sites (tertiary alicyclic amines) is 1. The zero-order valence-electron chi connectivity index (χ0n) is 15.1. The van der Waals surface area contributed by atoms with E-state index in [1.165, 1.54) is 5.56 Å². The van der Waals surface area contributed by atoms with E-state index in [-0.39, 0.29) is 36.1 Å². The monoisotopic (exact) mass is 345 g/mol. The molecule has 6 heteroatoms. The van der Waals surface area contributed by atoms with Gasteiger partial charge in [0.15, 0.2) is 0 Å². The number of hydrogen-bond acceptors (Lipinski definition) is 3. The van der Waals surface area contributed by atoms with Crippen molar-refractivity contribution in [3.63, 3.8) is 0 Å². The van der Waals surface area contributed by atoms with Crippen molar-refractivity contribution in [2.45, 2.75) is 51.9 Å². The van der Waals surface area contributed by atoms with Gasteiger partial charge in [0.25, 0.3) is 0 Å². The first-order chi connectivity index (χ1) is 12.0. The van der Waals surface area contributed by atoms with Crippen LogP contribution in [0.15, 0.2) is 24.3 Å². The summed E-state index contributed by atoms with van der Waals surface area (Å²) in [5.41, 5.74) is 2.02. The minimum atomic E-state index is -0.217. The number of ether oxygens (including phenoxy) is 1. The summed E-state index contributed by atoms with van der Waals surface area (Å²) in [5.74, 6) is -0.144. The SMILES string of the molecule is CCc1ccc(NC(=O)N2C[C@@H]3C[C@@H](C(=O)NC(C)C)[C@H](C2)O3)cc1. The quantitative estimate of drug-likeness (QED) is 0.880. The Bertz CT molecular complexity index is 629. The summed E-state index contributed by atoms with van der Waals surface area (Å²) < 4.78 is 5.89. The van der Waals surface area contributed by atoms with Gasteiger partial charge in [-0.3, -0.25) is 4.79 Å². The summed E-state index contributed by atoms with van der Waals surface area (Å²) in [4.78, 5) is 26.6. The van der Waals surface area contributed by atoms with Crippen molar-refractivity contribution in [1.82, 2.24) is 10.2 Å². The molecule has 2 aliphatic heterocycles. The van der Waals surface area contributed by atoms with Crippen LogP contribution in [-0.4, -0.2) is 48.2 Å². The van der Waals surface area contributed by atoms with Gasteiger partial charge in [-0.2, -0.15) is 0 Å². The Hall–Kier alpha value is -2.08. The molecule has 0 aliphatic carbocycles. The van der Waals surface area contributed by atoms with Crippen molar-refractivity contribution in [2.24, 2.45) is 5.92 Å². The highest BCUT2D eigenvalue weighted by Gasteiger charge is 2.45. The van der Waals surface area contributed by atoms with Crippen LogP contribution >= 0.6 is 0 Å². The molecule has 0 saturated carbocycles. The van der Waals surface area contributed by atoms with E-state index >= 15 is 0 Å². The van der Waals surface area contributed by atoms with Crippen molar-refractivity contribution in [3.05, 3.63) is 29.8 Å². The van der Waals surface area contributed by atoms with Gasteiger partial charge < -0.3 is 20.3 Å². The number of anilines is 1. The van der Waals surface area contributed by atoms with Crippen LogP contribution in [0.2, 0.25) is 0 Å². The minimum absolute atomic E-state index is 0.0277. The van der Waals surface area contributed by atoms with Crippen LogP contribution in [-0.2, 0) is 16.0 Å². The molecule has 2 saturated heterocycles. The largest absolute Gasteiger partial charge is 0.370 e. The molecule has 1 aromatic rings. The molecule has 6 nitrogen and oxygen atoms in total. The molecule has 2 heterocycles. The van der Waals surface area contributed by atoms with Crippen LogP contribution < -0.4 is 10.6 Å². The number of benzene rings is 1. The lowest BCUT2D eigenvalue weighted by atomic mass is 9.99. The normalized spacial score (nSPS) is 25.1. The summed E-state index contributed by atoms with van der Waals surface area (Å²) in [6.45, 7) is 6.97. The Balaban J connectivity index is 1.59. The Kier molecular flexibility index (Phi) is 5.27. The van der Waals surface area contributed by atoms with Crippen molar-refractivity contribution in [1.29, 1.82) is 0 Å². The summed E-state index contributed by atoms with van der Waals surface area (Å²) in [6.07, 6.45) is 1.37. The van der Waals surface area contributed by atoms with E-state index in [2.05, 4.69) is 17.6 Å². The van der Waals surface area contributed by atoms with Crippen molar-refractivity contribution in [3.8, 4) is 0 Å². The van der Waals surface area contributed by atoms with Gasteiger partial charge in [-0.1, -0.05) is 19.1 Å². The predicted molar refractivity (Wildman–Crippen MR) is 96.5 cm³/mol. The third-order valence-corrected chi connectivity index (χ3v) is 4.83. The molecule has 2 fully saturated rings. The molecule has 136 valence electrons. The molecule has 0 radical (unpaired) electrons. The number of carbonyl (C=O) groups is 2. The number of morpholine rings is 1. The lowest BCUT2D eigenvalue weighted by Crippen LogP contribution is -2.49. The second-order valence-electron chi connectivity index (χ2n) is 7.19. The van der Waals surface area contributed by atoms with Gasteiger partial charge in [-0.05, 0) is 44.4 Å². The third-order valence-electron chi connectivity index (χ3n) is 4.83. The van der Waals surface area contributed by atoms with Gasteiger partial charge in [-0.25, -0.2) is 4.79 Å². The third kappa shape index (κ3) is 4.12. The van der Waals surface area contributed by atoms with E-state index in [1.807, 2.05) is 38.1 Å². The molecule has 2 aliphatic rings. The van der Waals surface area contributed by atoms with Gasteiger partial charge >= 0.3 is 6.03 Å². The molecule has 0 unspecified atom stereocenters. The zero-order chi connectivity index (χ0) is 18.0. The smallest absolute Gasteiger partial charge is 0.322 e. The Morgan fingerprint density at radius 2 is 1.96 bits per heavy atom. The van der Waals surface area contributed by atoms with Crippen LogP contribution in [0.25, 0.3) is 0 Å². The van der Waals surface area contributed by atoms with E-state index in [0.717, 1.165) is 12.1 Å². The molecule has 2 bridgehead atoms. The average molecular weight is 345 g/mol. The maximum Gasteiger partial charge on any atom is 0.322 e. The fourth-order valence-electron chi connectivity index (χ4n) is 3.52. The average Bonchev–Trinajstić information content (AvgIpc) is 2.89. The van der Waals surface area contributed by atoms with E-state index < -0.39 is 0 Å². The summed E-state index contributed by atoms with van der Waals surface area (Å²) in [7, 11) is 0. The van der Waals surface area contributed by atoms with Gasteiger partial charge in [0, 0.05) is 24.8 Å². The van der Waals surface area contributed by atoms with E-state index in [1.54, 1.807) is 4.90 Å². The molecule has 3 rings (SSSR count). The first-order valence-electron chi connectivity index (χ1n) is 9.07. The van der Waals surface area contributed by atoms with Gasteiger partial charge in [0.2, 0.25) is 5.91 Å². The molecule has 3 amide bonds. The van der Waals surface area contributed by atoms with E-state index in [4.69, 9.17) is 4.74 Å². The standard InChI is InChI=1S/C19H27N3O3/c1-4-13-5-7-14(8-6-13)21-19(24)22-10-15-9-16(17(11-22)25-15)18(23)20-12(2)3/h5-8,12,15-17H,4,9-11H2,1-3H3,(H,20,23)(H,21,24)/t15-,16+,17-/m0/s1. The highest BCUT2D eigenvalue weighted by molar-refractivity contribution is 5.89. The van der Waals surface area contributed by atoms with Crippen LogP contribution in [0.4, 0.5) is 10.5 Å². The van der Waals surface area contributed by atoms with Crippen LogP contribution in [0, 0.1) is 5.92 Å². The first-order valence-corrected chi connectivity index (χ1v) is 9.07. The molecule has 2 N–H and O–H groups in total. The molecule has 25 heavy (non-hydrogen) atoms. The summed E-state index contributed by atoms with van der Waals surface area (Å²) in [6, 6.07) is 7.86. The highest BCUT2D eigenvalue weighted by Crippen LogP contribution is 2.32. The second kappa shape index (κ2) is 7.44. The molecular formula is C19H27N3O3. The lowest BCUT2D eigenvalue weighted by molar-refractivity contribution is -0.128. The van der Waals surface area contributed by atoms with Crippen molar-refractivity contribution in [2.75, 3.05) is 18.4 Å². The number of hydrogen-bond donors (Lipinski definition) is 2. The fraction of sp³-hybridized carbons (Fsp3) is 0.579. The summed E-state index contributed by atoms with van der Waals surface area (Å²) in [5, 5.41) is 5.89. The molecule has 3 atom stereocenters. The van der Waals surface area contributed by atoms with E-state index in [0.29, 0.717) is 19.5 Å². The van der Waals surface area contributed by atoms with Crippen molar-refractivity contribution < 1.29 is 14.3 Å². The maximum absolute atomic E-state index is 12.6. The van der Waals surface area contributed by atoms with E-state index in [9.17, 15) is 9.59 Å².